The van der Waals surface area contributed by atoms with Crippen LogP contribution >= 0.6 is 0 Å². The molecule has 2 aromatic carbocycles. The molecule has 2 rings (SSSR count). The Hall–Kier alpha value is -2.29. The highest BCUT2D eigenvalue weighted by atomic mass is 32.2. The number of aromatic hydroxyl groups is 2. The summed E-state index contributed by atoms with van der Waals surface area (Å²) in [6, 6.07) is 10.0. The number of nitrogen functional groups attached to an aromatic ring is 1. The lowest BCUT2D eigenvalue weighted by Crippen LogP contribution is -2.02. The number of phenols is 2. The quantitative estimate of drug-likeness (QED) is 0.322. The molecule has 0 radical (unpaired) electrons. The number of hydrogen-bond acceptors (Lipinski definition) is 6. The number of rotatable bonds is 3. The summed E-state index contributed by atoms with van der Waals surface area (Å²) in [4.78, 5) is -0.147. The smallest absolute Gasteiger partial charge is 0.294 e. The molecule has 120 valence electrons. The van der Waals surface area contributed by atoms with Crippen LogP contribution < -0.4 is 11.5 Å². The number of anilines is 1. The van der Waals surface area contributed by atoms with Gasteiger partial charge in [-0.15, -0.1) is 0 Å². The van der Waals surface area contributed by atoms with Gasteiger partial charge in [-0.1, -0.05) is 6.07 Å². The zero-order valence-corrected chi connectivity index (χ0v) is 12.5. The first kappa shape index (κ1) is 17.8. The third kappa shape index (κ3) is 5.60. The minimum atomic E-state index is -4.08. The molecule has 0 aliphatic carbocycles. The zero-order valence-electron chi connectivity index (χ0n) is 11.7. The van der Waals surface area contributed by atoms with Crippen molar-refractivity contribution < 1.29 is 23.2 Å². The Balaban J connectivity index is 0.000000220. The van der Waals surface area contributed by atoms with Gasteiger partial charge in [0.2, 0.25) is 0 Å². The van der Waals surface area contributed by atoms with Gasteiger partial charge in [0.15, 0.2) is 11.5 Å². The number of nitrogens with two attached hydrogens (primary N) is 2. The lowest BCUT2D eigenvalue weighted by Gasteiger charge is -2.00. The number of phenolic OH excluding ortho intramolecular Hbond substituents is 2. The average molecular weight is 326 g/mol. The van der Waals surface area contributed by atoms with Crippen LogP contribution in [-0.2, 0) is 16.5 Å². The van der Waals surface area contributed by atoms with Crippen LogP contribution in [0.5, 0.6) is 11.5 Å². The summed E-state index contributed by atoms with van der Waals surface area (Å²) in [6.07, 6.45) is 0.716. The Labute approximate surface area is 128 Å². The molecular formula is C14H18N2O5S. The van der Waals surface area contributed by atoms with Crippen LogP contribution in [0.4, 0.5) is 5.69 Å². The lowest BCUT2D eigenvalue weighted by atomic mass is 10.1. The Morgan fingerprint density at radius 3 is 2.00 bits per heavy atom. The van der Waals surface area contributed by atoms with E-state index in [9.17, 15) is 8.42 Å². The van der Waals surface area contributed by atoms with Crippen LogP contribution in [0.25, 0.3) is 0 Å². The highest BCUT2D eigenvalue weighted by molar-refractivity contribution is 7.85. The van der Waals surface area contributed by atoms with Gasteiger partial charge in [-0.2, -0.15) is 8.42 Å². The number of hydrogen-bond donors (Lipinski definition) is 5. The Bertz CT molecular complexity index is 715. The van der Waals surface area contributed by atoms with Crippen LogP contribution in [0.2, 0.25) is 0 Å². The Kier molecular flexibility index (Phi) is 6.17. The van der Waals surface area contributed by atoms with Crippen molar-refractivity contribution in [2.75, 3.05) is 12.3 Å². The molecule has 0 saturated carbocycles. The monoisotopic (exact) mass is 326 g/mol. The van der Waals surface area contributed by atoms with E-state index >= 15 is 0 Å². The van der Waals surface area contributed by atoms with Crippen LogP contribution in [0.3, 0.4) is 0 Å². The molecule has 0 fully saturated rings. The molecule has 7 N–H and O–H groups in total. The second kappa shape index (κ2) is 7.64. The molecule has 0 bridgehead atoms. The van der Waals surface area contributed by atoms with Gasteiger partial charge >= 0.3 is 0 Å². The molecule has 0 aliphatic rings. The topological polar surface area (TPSA) is 147 Å². The van der Waals surface area contributed by atoms with E-state index in [4.69, 9.17) is 26.2 Å². The largest absolute Gasteiger partial charge is 0.504 e. The van der Waals surface area contributed by atoms with Crippen LogP contribution in [0.1, 0.15) is 5.56 Å². The van der Waals surface area contributed by atoms with Gasteiger partial charge < -0.3 is 21.7 Å². The Morgan fingerprint density at radius 1 is 0.955 bits per heavy atom. The van der Waals surface area contributed by atoms with Crippen molar-refractivity contribution >= 4 is 15.8 Å². The Morgan fingerprint density at radius 2 is 1.55 bits per heavy atom. The summed E-state index contributed by atoms with van der Waals surface area (Å²) in [5.41, 5.74) is 12.0. The second-order valence-corrected chi connectivity index (χ2v) is 5.83. The van der Waals surface area contributed by atoms with E-state index in [1.165, 1.54) is 36.4 Å². The van der Waals surface area contributed by atoms with E-state index < -0.39 is 10.1 Å². The average Bonchev–Trinajstić information content (AvgIpc) is 2.43. The highest BCUT2D eigenvalue weighted by Gasteiger charge is 2.07. The first-order chi connectivity index (χ1) is 10.2. The van der Waals surface area contributed by atoms with E-state index in [0.717, 1.165) is 5.56 Å². The van der Waals surface area contributed by atoms with Gasteiger partial charge in [0.05, 0.1) is 4.90 Å². The minimum Gasteiger partial charge on any atom is -0.504 e. The molecule has 0 atom stereocenters. The van der Waals surface area contributed by atoms with E-state index in [0.29, 0.717) is 18.7 Å². The lowest BCUT2D eigenvalue weighted by molar-refractivity contribution is 0.403. The summed E-state index contributed by atoms with van der Waals surface area (Å²) in [5.74, 6) is -0.179. The molecule has 0 spiro atoms. The fraction of sp³-hybridized carbons (Fsp3) is 0.143. The van der Waals surface area contributed by atoms with Gasteiger partial charge in [0.25, 0.3) is 10.1 Å². The van der Waals surface area contributed by atoms with Gasteiger partial charge in [-0.05, 0) is 54.9 Å². The second-order valence-electron chi connectivity index (χ2n) is 4.41. The van der Waals surface area contributed by atoms with Gasteiger partial charge in [0, 0.05) is 5.69 Å². The summed E-state index contributed by atoms with van der Waals surface area (Å²) >= 11 is 0. The van der Waals surface area contributed by atoms with Crippen molar-refractivity contribution in [3.63, 3.8) is 0 Å². The first-order valence-electron chi connectivity index (χ1n) is 6.28. The van der Waals surface area contributed by atoms with Crippen molar-refractivity contribution in [3.05, 3.63) is 48.0 Å². The maximum atomic E-state index is 10.5. The van der Waals surface area contributed by atoms with E-state index in [1.807, 2.05) is 0 Å². The van der Waals surface area contributed by atoms with Crippen molar-refractivity contribution in [1.29, 1.82) is 0 Å². The van der Waals surface area contributed by atoms with Gasteiger partial charge in [-0.3, -0.25) is 4.55 Å². The first-order valence-corrected chi connectivity index (χ1v) is 7.72. The van der Waals surface area contributed by atoms with Gasteiger partial charge in [0.1, 0.15) is 0 Å². The summed E-state index contributed by atoms with van der Waals surface area (Å²) < 4.78 is 29.4. The third-order valence-electron chi connectivity index (χ3n) is 2.65. The molecule has 0 unspecified atom stereocenters. The predicted molar refractivity (Wildman–Crippen MR) is 83.2 cm³/mol. The summed E-state index contributed by atoms with van der Waals surface area (Å²) in [5, 5.41) is 18.0. The normalized spacial score (nSPS) is 10.6. The summed E-state index contributed by atoms with van der Waals surface area (Å²) in [7, 11) is -4.08. The number of benzene rings is 2. The van der Waals surface area contributed by atoms with Gasteiger partial charge in [-0.25, -0.2) is 0 Å². The minimum absolute atomic E-state index is 0.0871. The van der Waals surface area contributed by atoms with E-state index in [2.05, 4.69) is 0 Å². The standard InChI is InChI=1S/C8H11NO2.C6H7NO3S/c9-4-3-6-1-2-7(10)8(11)5-6;7-5-1-3-6(4-2-5)11(8,9)10/h1-2,5,10-11H,3-4,9H2;1-4H,7H2,(H,8,9,10). The molecule has 2 aromatic rings. The van der Waals surface area contributed by atoms with E-state index in [-0.39, 0.29) is 16.4 Å². The van der Waals surface area contributed by atoms with Crippen LogP contribution in [-0.4, -0.2) is 29.7 Å². The molecule has 0 heterocycles. The fourth-order valence-corrected chi connectivity index (χ4v) is 2.01. The highest BCUT2D eigenvalue weighted by Crippen LogP contribution is 2.24. The molecular weight excluding hydrogens is 308 g/mol. The maximum absolute atomic E-state index is 10.5. The molecule has 0 aromatic heterocycles. The molecule has 22 heavy (non-hydrogen) atoms. The van der Waals surface area contributed by atoms with Crippen molar-refractivity contribution in [2.45, 2.75) is 11.3 Å². The van der Waals surface area contributed by atoms with Crippen molar-refractivity contribution in [1.82, 2.24) is 0 Å². The molecule has 0 aliphatic heterocycles. The molecule has 0 amide bonds. The van der Waals surface area contributed by atoms with Crippen molar-refractivity contribution in [2.24, 2.45) is 5.73 Å². The SMILES string of the molecule is NCCc1ccc(O)c(O)c1.Nc1ccc(S(=O)(=O)O)cc1. The van der Waals surface area contributed by atoms with Crippen molar-refractivity contribution in [3.8, 4) is 11.5 Å². The fourth-order valence-electron chi connectivity index (χ4n) is 1.53. The van der Waals surface area contributed by atoms with Crippen LogP contribution in [0.15, 0.2) is 47.4 Å². The summed E-state index contributed by atoms with van der Waals surface area (Å²) in [6.45, 7) is 0.546. The molecule has 8 heteroatoms. The third-order valence-corrected chi connectivity index (χ3v) is 3.52. The zero-order chi connectivity index (χ0) is 16.8. The van der Waals surface area contributed by atoms with Crippen LogP contribution in [0, 0.1) is 0 Å². The molecule has 0 saturated heterocycles. The predicted octanol–water partition coefficient (Wildman–Crippen LogP) is 1.11. The van der Waals surface area contributed by atoms with E-state index in [1.54, 1.807) is 6.07 Å². The maximum Gasteiger partial charge on any atom is 0.294 e. The molecule has 7 nitrogen and oxygen atoms in total.